The van der Waals surface area contributed by atoms with Crippen molar-refractivity contribution >= 4 is 0 Å². The Hall–Kier alpha value is -2.31. The maximum atomic E-state index is 10.0. The maximum absolute atomic E-state index is 10.0. The van der Waals surface area contributed by atoms with Crippen molar-refractivity contribution in [3.05, 3.63) is 65.7 Å². The van der Waals surface area contributed by atoms with Gasteiger partial charge in [-0.3, -0.25) is 4.90 Å². The number of nitriles is 1. The van der Waals surface area contributed by atoms with E-state index >= 15 is 0 Å². The van der Waals surface area contributed by atoms with Gasteiger partial charge in [0.25, 0.3) is 0 Å². The molecule has 0 amide bonds. The number of likely N-dealkylation sites (tertiary alicyclic amines) is 1. The van der Waals surface area contributed by atoms with E-state index in [1.54, 1.807) is 6.07 Å². The quantitative estimate of drug-likeness (QED) is 0.843. The van der Waals surface area contributed by atoms with Crippen molar-refractivity contribution < 1.29 is 5.11 Å². The molecule has 2 aromatic carbocycles. The van der Waals surface area contributed by atoms with Crippen LogP contribution in [0.5, 0.6) is 5.75 Å². The van der Waals surface area contributed by atoms with Gasteiger partial charge in [-0.1, -0.05) is 48.9 Å². The molecule has 27 heavy (non-hydrogen) atoms. The highest BCUT2D eigenvalue weighted by molar-refractivity contribution is 5.36. The van der Waals surface area contributed by atoms with E-state index in [4.69, 9.17) is 0 Å². The van der Waals surface area contributed by atoms with Crippen LogP contribution in [0.1, 0.15) is 43.2 Å². The normalized spacial score (nSPS) is 27.8. The molecule has 0 radical (unpaired) electrons. The molecular weight excluding hydrogens is 332 g/mol. The van der Waals surface area contributed by atoms with Crippen LogP contribution in [0, 0.1) is 17.2 Å². The van der Waals surface area contributed by atoms with E-state index < -0.39 is 0 Å². The number of hydrogen-bond donors (Lipinski definition) is 1. The Morgan fingerprint density at radius 1 is 1.11 bits per heavy atom. The first kappa shape index (κ1) is 18.1. The fourth-order valence-electron chi connectivity index (χ4n) is 5.58. The zero-order valence-electron chi connectivity index (χ0n) is 15.8. The number of fused-ring (bicyclic) bond motifs is 2. The van der Waals surface area contributed by atoms with Gasteiger partial charge in [-0.2, -0.15) is 5.26 Å². The molecule has 1 aliphatic heterocycles. The molecule has 4 rings (SSSR count). The highest BCUT2D eigenvalue weighted by Gasteiger charge is 2.51. The Kier molecular flexibility index (Phi) is 5.18. The summed E-state index contributed by atoms with van der Waals surface area (Å²) in [5.41, 5.74) is 2.66. The van der Waals surface area contributed by atoms with Gasteiger partial charge in [0.1, 0.15) is 5.75 Å². The number of rotatable bonds is 5. The number of phenols is 1. The number of nitrogens with zero attached hydrogens (tertiary/aromatic N) is 2. The zero-order valence-corrected chi connectivity index (χ0v) is 15.8. The van der Waals surface area contributed by atoms with E-state index in [2.05, 4.69) is 47.4 Å². The standard InChI is InChI=1S/C24H28N2O/c25-15-11-22-23-10-5-13-24(22,20-8-4-9-21(27)18-20)14-17-26(23)16-12-19-6-2-1-3-7-19/h1-4,6-9,18,22-23,27H,5,10-14,16-17H2. The summed E-state index contributed by atoms with van der Waals surface area (Å²) in [6.45, 7) is 2.14. The molecule has 3 nitrogen and oxygen atoms in total. The number of piperidine rings is 1. The molecule has 1 aliphatic carbocycles. The van der Waals surface area contributed by atoms with Crippen molar-refractivity contribution in [3.63, 3.8) is 0 Å². The van der Waals surface area contributed by atoms with E-state index in [0.29, 0.717) is 24.1 Å². The molecule has 1 N–H and O–H groups in total. The summed E-state index contributed by atoms with van der Waals surface area (Å²) < 4.78 is 0. The molecule has 2 fully saturated rings. The van der Waals surface area contributed by atoms with Gasteiger partial charge in [-0.25, -0.2) is 0 Å². The molecule has 0 aromatic heterocycles. The van der Waals surface area contributed by atoms with Gasteiger partial charge >= 0.3 is 0 Å². The summed E-state index contributed by atoms with van der Waals surface area (Å²) in [6.07, 6.45) is 6.25. The minimum atomic E-state index is 0.0423. The first-order chi connectivity index (χ1) is 13.2. The second kappa shape index (κ2) is 7.74. The number of aromatic hydroxyl groups is 1. The molecule has 2 bridgehead atoms. The second-order valence-electron chi connectivity index (χ2n) is 8.16. The van der Waals surface area contributed by atoms with Crippen molar-refractivity contribution in [3.8, 4) is 11.8 Å². The van der Waals surface area contributed by atoms with Gasteiger partial charge in [0, 0.05) is 24.4 Å². The summed E-state index contributed by atoms with van der Waals surface area (Å²) in [5, 5.41) is 19.6. The van der Waals surface area contributed by atoms with E-state index in [1.807, 2.05) is 12.1 Å². The van der Waals surface area contributed by atoms with Crippen molar-refractivity contribution in [2.45, 2.75) is 50.0 Å². The minimum absolute atomic E-state index is 0.0423. The first-order valence-electron chi connectivity index (χ1n) is 10.2. The van der Waals surface area contributed by atoms with Crippen molar-refractivity contribution in [1.29, 1.82) is 5.26 Å². The Morgan fingerprint density at radius 2 is 1.96 bits per heavy atom. The molecule has 3 heteroatoms. The monoisotopic (exact) mass is 360 g/mol. The summed E-state index contributed by atoms with van der Waals surface area (Å²) in [5.74, 6) is 0.689. The lowest BCUT2D eigenvalue weighted by Crippen LogP contribution is -2.58. The fourth-order valence-corrected chi connectivity index (χ4v) is 5.58. The third kappa shape index (κ3) is 3.47. The van der Waals surface area contributed by atoms with Crippen molar-refractivity contribution in [2.75, 3.05) is 13.1 Å². The lowest BCUT2D eigenvalue weighted by molar-refractivity contribution is -0.00931. The lowest BCUT2D eigenvalue weighted by Gasteiger charge is -2.56. The number of hydrogen-bond acceptors (Lipinski definition) is 3. The van der Waals surface area contributed by atoms with Crippen molar-refractivity contribution in [2.24, 2.45) is 5.92 Å². The molecule has 2 aliphatic rings. The molecule has 3 unspecified atom stereocenters. The van der Waals surface area contributed by atoms with Crippen LogP contribution >= 0.6 is 0 Å². The Balaban J connectivity index is 1.58. The number of benzene rings is 2. The predicted octanol–water partition coefficient (Wildman–Crippen LogP) is 4.66. The SMILES string of the molecule is N#CCC1C2CCCC1(c1cccc(O)c1)CCN2CCc1ccccc1. The average Bonchev–Trinajstić information content (AvgIpc) is 2.69. The van der Waals surface area contributed by atoms with E-state index in [0.717, 1.165) is 32.4 Å². The molecule has 3 atom stereocenters. The first-order valence-corrected chi connectivity index (χ1v) is 10.2. The minimum Gasteiger partial charge on any atom is -0.508 e. The Labute approximate surface area is 162 Å². The van der Waals surface area contributed by atoms with Gasteiger partial charge in [0.2, 0.25) is 0 Å². The molecule has 1 saturated heterocycles. The topological polar surface area (TPSA) is 47.3 Å². The molecule has 140 valence electrons. The van der Waals surface area contributed by atoms with Crippen LogP contribution in [-0.4, -0.2) is 29.1 Å². The molecule has 2 aromatic rings. The van der Waals surface area contributed by atoms with E-state index in [9.17, 15) is 10.4 Å². The second-order valence-corrected chi connectivity index (χ2v) is 8.16. The summed E-state index contributed by atoms with van der Waals surface area (Å²) >= 11 is 0. The van der Waals surface area contributed by atoms with Crippen LogP contribution in [0.3, 0.4) is 0 Å². The number of phenolic OH excluding ortho intramolecular Hbond substituents is 1. The van der Waals surface area contributed by atoms with Crippen LogP contribution in [0.4, 0.5) is 0 Å². The van der Waals surface area contributed by atoms with Crippen LogP contribution in [0.2, 0.25) is 0 Å². The average molecular weight is 361 g/mol. The van der Waals surface area contributed by atoms with Gasteiger partial charge < -0.3 is 5.11 Å². The Bertz CT molecular complexity index is 813. The zero-order chi connectivity index (χ0) is 18.7. The van der Waals surface area contributed by atoms with Gasteiger partial charge in [0.15, 0.2) is 0 Å². The molecular formula is C24H28N2O. The van der Waals surface area contributed by atoms with Crippen LogP contribution in [0.25, 0.3) is 0 Å². The van der Waals surface area contributed by atoms with Gasteiger partial charge in [0.05, 0.1) is 6.07 Å². The van der Waals surface area contributed by atoms with Crippen LogP contribution in [0.15, 0.2) is 54.6 Å². The Morgan fingerprint density at radius 3 is 2.74 bits per heavy atom. The summed E-state index contributed by atoms with van der Waals surface area (Å²) in [6, 6.07) is 21.4. The van der Waals surface area contributed by atoms with Crippen LogP contribution in [-0.2, 0) is 11.8 Å². The van der Waals surface area contributed by atoms with Gasteiger partial charge in [-0.15, -0.1) is 0 Å². The highest BCUT2D eigenvalue weighted by atomic mass is 16.3. The third-order valence-corrected chi connectivity index (χ3v) is 6.87. The smallest absolute Gasteiger partial charge is 0.115 e. The molecule has 1 saturated carbocycles. The summed E-state index contributed by atoms with van der Waals surface area (Å²) in [4.78, 5) is 2.63. The predicted molar refractivity (Wildman–Crippen MR) is 107 cm³/mol. The largest absolute Gasteiger partial charge is 0.508 e. The lowest BCUT2D eigenvalue weighted by atomic mass is 9.56. The molecule has 0 spiro atoms. The fraction of sp³-hybridized carbons (Fsp3) is 0.458. The third-order valence-electron chi connectivity index (χ3n) is 6.87. The van der Waals surface area contributed by atoms with Crippen LogP contribution < -0.4 is 0 Å². The van der Waals surface area contributed by atoms with E-state index in [1.165, 1.54) is 24.0 Å². The summed E-state index contributed by atoms with van der Waals surface area (Å²) in [7, 11) is 0. The van der Waals surface area contributed by atoms with Gasteiger partial charge in [-0.05, 0) is 61.4 Å². The van der Waals surface area contributed by atoms with Crippen molar-refractivity contribution in [1.82, 2.24) is 4.90 Å². The highest BCUT2D eigenvalue weighted by Crippen LogP contribution is 2.52. The van der Waals surface area contributed by atoms with E-state index in [-0.39, 0.29) is 5.41 Å². The maximum Gasteiger partial charge on any atom is 0.115 e. The molecule has 1 heterocycles.